The first-order valence-corrected chi connectivity index (χ1v) is 9.31. The third kappa shape index (κ3) is 5.04. The lowest BCUT2D eigenvalue weighted by Gasteiger charge is -2.21. The third-order valence-electron chi connectivity index (χ3n) is 4.59. The zero-order chi connectivity index (χ0) is 21.7. The van der Waals surface area contributed by atoms with Crippen molar-refractivity contribution in [2.75, 3.05) is 40.9 Å². The summed E-state index contributed by atoms with van der Waals surface area (Å²) < 4.78 is 10.5. The Morgan fingerprint density at radius 3 is 2.24 bits per heavy atom. The minimum Gasteiger partial charge on any atom is -0.493 e. The average molecular weight is 405 g/mol. The number of benzene rings is 1. The SMILES string of the molecule is COc1ccc(CCN(C)C(=O)CN2C(=O)C(=O)N(CC(C)C)C2=O)cc1OC. The number of carbonyl (C=O) groups is 4. The standard InChI is InChI=1S/C20H27N3O6/c1-13(2)11-22-18(25)19(26)23(20(22)27)12-17(24)21(3)9-8-14-6-7-15(28-4)16(10-14)29-5/h6-7,10,13H,8-9,11-12H2,1-5H3. The van der Waals surface area contributed by atoms with E-state index in [9.17, 15) is 19.2 Å². The van der Waals surface area contributed by atoms with Gasteiger partial charge in [0.1, 0.15) is 6.54 Å². The van der Waals surface area contributed by atoms with Crippen LogP contribution < -0.4 is 9.47 Å². The Bertz CT molecular complexity index is 807. The fourth-order valence-corrected chi connectivity index (χ4v) is 2.93. The van der Waals surface area contributed by atoms with Crippen molar-refractivity contribution in [3.05, 3.63) is 23.8 Å². The van der Waals surface area contributed by atoms with Crippen molar-refractivity contribution >= 4 is 23.8 Å². The smallest absolute Gasteiger partial charge is 0.334 e. The highest BCUT2D eigenvalue weighted by Crippen LogP contribution is 2.27. The van der Waals surface area contributed by atoms with Crippen LogP contribution in [0, 0.1) is 5.92 Å². The summed E-state index contributed by atoms with van der Waals surface area (Å²) >= 11 is 0. The molecule has 0 spiro atoms. The highest BCUT2D eigenvalue weighted by atomic mass is 16.5. The molecule has 1 aromatic rings. The van der Waals surface area contributed by atoms with Crippen LogP contribution in [0.4, 0.5) is 4.79 Å². The summed E-state index contributed by atoms with van der Waals surface area (Å²) in [5.74, 6) is -1.04. The molecule has 5 amide bonds. The molecular weight excluding hydrogens is 378 g/mol. The number of amides is 5. The van der Waals surface area contributed by atoms with E-state index < -0.39 is 30.3 Å². The van der Waals surface area contributed by atoms with Crippen LogP contribution in [-0.4, -0.2) is 79.4 Å². The normalized spacial score (nSPS) is 14.1. The quantitative estimate of drug-likeness (QED) is 0.452. The van der Waals surface area contributed by atoms with E-state index in [-0.39, 0.29) is 12.5 Å². The Morgan fingerprint density at radius 2 is 1.66 bits per heavy atom. The van der Waals surface area contributed by atoms with Crippen LogP contribution in [0.25, 0.3) is 0 Å². The van der Waals surface area contributed by atoms with Gasteiger partial charge in [0, 0.05) is 20.1 Å². The van der Waals surface area contributed by atoms with Crippen LogP contribution in [0.2, 0.25) is 0 Å². The van der Waals surface area contributed by atoms with E-state index in [0.717, 1.165) is 10.5 Å². The predicted molar refractivity (Wildman–Crippen MR) is 105 cm³/mol. The Labute approximate surface area is 170 Å². The first kappa shape index (κ1) is 22.2. The van der Waals surface area contributed by atoms with Crippen molar-refractivity contribution in [2.24, 2.45) is 5.92 Å². The van der Waals surface area contributed by atoms with E-state index in [0.29, 0.717) is 29.4 Å². The molecule has 29 heavy (non-hydrogen) atoms. The maximum absolute atomic E-state index is 12.5. The monoisotopic (exact) mass is 405 g/mol. The van der Waals surface area contributed by atoms with Crippen molar-refractivity contribution < 1.29 is 28.7 Å². The van der Waals surface area contributed by atoms with Crippen molar-refractivity contribution in [1.82, 2.24) is 14.7 Å². The van der Waals surface area contributed by atoms with E-state index in [2.05, 4.69) is 0 Å². The molecule has 0 radical (unpaired) electrons. The van der Waals surface area contributed by atoms with E-state index in [1.54, 1.807) is 27.3 Å². The van der Waals surface area contributed by atoms with E-state index in [1.807, 2.05) is 26.0 Å². The van der Waals surface area contributed by atoms with Crippen molar-refractivity contribution in [2.45, 2.75) is 20.3 Å². The van der Waals surface area contributed by atoms with Gasteiger partial charge in [0.25, 0.3) is 0 Å². The van der Waals surface area contributed by atoms with Gasteiger partial charge in [-0.15, -0.1) is 0 Å². The fourth-order valence-electron chi connectivity index (χ4n) is 2.93. The summed E-state index contributed by atoms with van der Waals surface area (Å²) in [6.45, 7) is 3.72. The number of likely N-dealkylation sites (N-methyl/N-ethyl adjacent to an activating group) is 1. The zero-order valence-corrected chi connectivity index (χ0v) is 17.4. The molecule has 9 nitrogen and oxygen atoms in total. The van der Waals surface area contributed by atoms with Crippen molar-refractivity contribution in [3.8, 4) is 11.5 Å². The maximum atomic E-state index is 12.5. The molecule has 158 valence electrons. The first-order valence-electron chi connectivity index (χ1n) is 9.31. The molecule has 1 aliphatic rings. The predicted octanol–water partition coefficient (Wildman–Crippen LogP) is 1.15. The van der Waals surface area contributed by atoms with Gasteiger partial charge in [-0.3, -0.25) is 19.3 Å². The lowest BCUT2D eigenvalue weighted by molar-refractivity contribution is -0.144. The summed E-state index contributed by atoms with van der Waals surface area (Å²) in [6.07, 6.45) is 0.545. The summed E-state index contributed by atoms with van der Waals surface area (Å²) in [5.41, 5.74) is 0.939. The van der Waals surface area contributed by atoms with Gasteiger partial charge in [-0.25, -0.2) is 9.69 Å². The molecule has 0 bridgehead atoms. The van der Waals surface area contributed by atoms with Gasteiger partial charge in [-0.2, -0.15) is 0 Å². The topological polar surface area (TPSA) is 96.5 Å². The molecule has 1 heterocycles. The molecule has 1 fully saturated rings. The highest BCUT2D eigenvalue weighted by Gasteiger charge is 2.45. The minimum atomic E-state index is -0.961. The second kappa shape index (κ2) is 9.40. The number of carbonyl (C=O) groups excluding carboxylic acids is 4. The molecular formula is C20H27N3O6. The molecule has 0 N–H and O–H groups in total. The Morgan fingerprint density at radius 1 is 1.03 bits per heavy atom. The van der Waals surface area contributed by atoms with E-state index in [1.165, 1.54) is 4.90 Å². The van der Waals surface area contributed by atoms with Crippen molar-refractivity contribution in [3.63, 3.8) is 0 Å². The van der Waals surface area contributed by atoms with Gasteiger partial charge in [0.15, 0.2) is 11.5 Å². The Kier molecular flexibility index (Phi) is 7.19. The van der Waals surface area contributed by atoms with E-state index in [4.69, 9.17) is 9.47 Å². The van der Waals surface area contributed by atoms with Gasteiger partial charge in [0.05, 0.1) is 14.2 Å². The molecule has 0 unspecified atom stereocenters. The van der Waals surface area contributed by atoms with Crippen LogP contribution in [0.15, 0.2) is 18.2 Å². The average Bonchev–Trinajstić information content (AvgIpc) is 2.89. The number of ether oxygens (including phenoxy) is 2. The molecule has 1 aliphatic heterocycles. The Balaban J connectivity index is 1.96. The molecule has 0 aromatic heterocycles. The maximum Gasteiger partial charge on any atom is 0.334 e. The van der Waals surface area contributed by atoms with Crippen LogP contribution in [-0.2, 0) is 20.8 Å². The fraction of sp³-hybridized carbons (Fsp3) is 0.500. The minimum absolute atomic E-state index is 0.0236. The highest BCUT2D eigenvalue weighted by molar-refractivity contribution is 6.45. The first-order chi connectivity index (χ1) is 13.7. The lowest BCUT2D eigenvalue weighted by atomic mass is 10.1. The number of imide groups is 2. The second-order valence-electron chi connectivity index (χ2n) is 7.24. The Hall–Kier alpha value is -3.10. The molecule has 0 aliphatic carbocycles. The number of hydrogen-bond acceptors (Lipinski definition) is 6. The molecule has 9 heteroatoms. The summed E-state index contributed by atoms with van der Waals surface area (Å²) in [6, 6.07) is 4.74. The van der Waals surface area contributed by atoms with Crippen molar-refractivity contribution in [1.29, 1.82) is 0 Å². The van der Waals surface area contributed by atoms with Crippen LogP contribution in [0.5, 0.6) is 11.5 Å². The van der Waals surface area contributed by atoms with E-state index >= 15 is 0 Å². The molecule has 1 aromatic carbocycles. The van der Waals surface area contributed by atoms with Gasteiger partial charge in [-0.05, 0) is 30.0 Å². The number of methoxy groups -OCH3 is 2. The lowest BCUT2D eigenvalue weighted by Crippen LogP contribution is -2.43. The number of hydrogen-bond donors (Lipinski definition) is 0. The van der Waals surface area contributed by atoms with Gasteiger partial charge in [0.2, 0.25) is 5.91 Å². The van der Waals surface area contributed by atoms with Crippen LogP contribution in [0.1, 0.15) is 19.4 Å². The largest absolute Gasteiger partial charge is 0.493 e. The zero-order valence-electron chi connectivity index (χ0n) is 17.4. The third-order valence-corrected chi connectivity index (χ3v) is 4.59. The summed E-state index contributed by atoms with van der Waals surface area (Å²) in [4.78, 5) is 51.9. The van der Waals surface area contributed by atoms with Crippen LogP contribution in [0.3, 0.4) is 0 Å². The molecule has 0 saturated carbocycles. The van der Waals surface area contributed by atoms with Crippen LogP contribution >= 0.6 is 0 Å². The summed E-state index contributed by atoms with van der Waals surface area (Å²) in [7, 11) is 4.69. The number of nitrogens with zero attached hydrogens (tertiary/aromatic N) is 3. The van der Waals surface area contributed by atoms with Gasteiger partial charge < -0.3 is 14.4 Å². The molecule has 2 rings (SSSR count). The van der Waals surface area contributed by atoms with Gasteiger partial charge >= 0.3 is 17.8 Å². The summed E-state index contributed by atoms with van der Waals surface area (Å²) in [5, 5.41) is 0. The number of urea groups is 1. The number of rotatable bonds is 9. The second-order valence-corrected chi connectivity index (χ2v) is 7.24. The molecule has 0 atom stereocenters. The molecule has 1 saturated heterocycles. The van der Waals surface area contributed by atoms with Gasteiger partial charge in [-0.1, -0.05) is 19.9 Å².